The van der Waals surface area contributed by atoms with E-state index >= 15 is 0 Å². The van der Waals surface area contributed by atoms with Crippen LogP contribution in [0.4, 0.5) is 0 Å². The number of ether oxygens (including phenoxy) is 2. The van der Waals surface area contributed by atoms with Crippen LogP contribution < -0.4 is 4.74 Å². The van der Waals surface area contributed by atoms with Gasteiger partial charge in [-0.05, 0) is 42.9 Å². The minimum Gasteiger partial charge on any atom is -0.497 e. The Morgan fingerprint density at radius 1 is 1.38 bits per heavy atom. The van der Waals surface area contributed by atoms with E-state index in [1.165, 1.54) is 5.56 Å². The van der Waals surface area contributed by atoms with Gasteiger partial charge < -0.3 is 14.6 Å². The van der Waals surface area contributed by atoms with E-state index in [1.807, 2.05) is 31.2 Å². The van der Waals surface area contributed by atoms with Gasteiger partial charge in [0.15, 0.2) is 0 Å². The number of aliphatic hydroxyl groups excluding tert-OH is 1. The number of methoxy groups -OCH3 is 1. The van der Waals surface area contributed by atoms with Gasteiger partial charge in [-0.15, -0.1) is 0 Å². The van der Waals surface area contributed by atoms with Gasteiger partial charge in [-0.2, -0.15) is 0 Å². The van der Waals surface area contributed by atoms with Gasteiger partial charge in [0.25, 0.3) is 0 Å². The fraction of sp³-hybridized carbons (Fsp3) is 0.588. The molecule has 1 fully saturated rings. The Morgan fingerprint density at radius 2 is 2.05 bits per heavy atom. The second-order valence-corrected chi connectivity index (χ2v) is 6.07. The number of carbonyl (C=O) groups is 1. The Balaban J connectivity index is 1.83. The zero-order valence-electron chi connectivity index (χ0n) is 12.9. The third kappa shape index (κ3) is 4.21. The van der Waals surface area contributed by atoms with Gasteiger partial charge in [0, 0.05) is 0 Å². The van der Waals surface area contributed by atoms with Crippen molar-refractivity contribution in [3.05, 3.63) is 29.8 Å². The molecule has 4 atom stereocenters. The summed E-state index contributed by atoms with van der Waals surface area (Å²) in [5, 5.41) is 10.2. The zero-order valence-corrected chi connectivity index (χ0v) is 12.9. The predicted octanol–water partition coefficient (Wildman–Crippen LogP) is 2.58. The van der Waals surface area contributed by atoms with Crippen molar-refractivity contribution in [2.24, 2.45) is 11.8 Å². The Labute approximate surface area is 126 Å². The first-order chi connectivity index (χ1) is 9.99. The summed E-state index contributed by atoms with van der Waals surface area (Å²) in [6.45, 7) is 3.95. The standard InChI is InChI=1S/C17H24O4/c1-11(8-13-4-6-14(20-3)7-5-13)9-15(18)16-10-12(2)17(19)21-16/h4-7,11-12,15-16,18H,8-10H2,1-3H3/t11-,12+,15+,16-/m0/s1. The maximum atomic E-state index is 11.4. The maximum Gasteiger partial charge on any atom is 0.309 e. The number of rotatable bonds is 6. The summed E-state index contributed by atoms with van der Waals surface area (Å²) in [6, 6.07) is 7.97. The van der Waals surface area contributed by atoms with Crippen molar-refractivity contribution in [2.75, 3.05) is 7.11 Å². The highest BCUT2D eigenvalue weighted by Crippen LogP contribution is 2.26. The second kappa shape index (κ2) is 6.94. The van der Waals surface area contributed by atoms with Gasteiger partial charge in [0.05, 0.1) is 19.1 Å². The fourth-order valence-corrected chi connectivity index (χ4v) is 2.81. The summed E-state index contributed by atoms with van der Waals surface area (Å²) in [6.07, 6.45) is 1.22. The van der Waals surface area contributed by atoms with Crippen LogP contribution in [-0.2, 0) is 16.0 Å². The first-order valence-corrected chi connectivity index (χ1v) is 7.51. The minimum atomic E-state index is -0.577. The van der Waals surface area contributed by atoms with Gasteiger partial charge >= 0.3 is 5.97 Å². The molecule has 2 rings (SSSR count). The average molecular weight is 292 g/mol. The van der Waals surface area contributed by atoms with Crippen LogP contribution in [-0.4, -0.2) is 30.4 Å². The number of carbonyl (C=O) groups excluding carboxylic acids is 1. The highest BCUT2D eigenvalue weighted by atomic mass is 16.6. The van der Waals surface area contributed by atoms with Gasteiger partial charge in [0.1, 0.15) is 11.9 Å². The molecule has 0 bridgehead atoms. The van der Waals surface area contributed by atoms with Crippen molar-refractivity contribution in [1.82, 2.24) is 0 Å². The average Bonchev–Trinajstić information content (AvgIpc) is 2.79. The van der Waals surface area contributed by atoms with Crippen molar-refractivity contribution in [3.8, 4) is 5.75 Å². The van der Waals surface area contributed by atoms with E-state index in [-0.39, 0.29) is 18.0 Å². The lowest BCUT2D eigenvalue weighted by Crippen LogP contribution is -2.28. The first kappa shape index (κ1) is 15.8. The molecule has 0 spiro atoms. The fourth-order valence-electron chi connectivity index (χ4n) is 2.81. The molecule has 4 heteroatoms. The van der Waals surface area contributed by atoms with Crippen molar-refractivity contribution in [1.29, 1.82) is 0 Å². The molecule has 116 valence electrons. The van der Waals surface area contributed by atoms with Crippen LogP contribution in [0.25, 0.3) is 0 Å². The van der Waals surface area contributed by atoms with E-state index in [2.05, 4.69) is 6.92 Å². The Morgan fingerprint density at radius 3 is 2.57 bits per heavy atom. The van der Waals surface area contributed by atoms with Gasteiger partial charge in [-0.25, -0.2) is 0 Å². The van der Waals surface area contributed by atoms with E-state index in [9.17, 15) is 9.90 Å². The van der Waals surface area contributed by atoms with Crippen LogP contribution in [0.1, 0.15) is 32.3 Å². The molecule has 4 nitrogen and oxygen atoms in total. The summed E-state index contributed by atoms with van der Waals surface area (Å²) in [4.78, 5) is 11.4. The molecule has 1 saturated heterocycles. The molecular weight excluding hydrogens is 268 g/mol. The predicted molar refractivity (Wildman–Crippen MR) is 80.1 cm³/mol. The number of hydrogen-bond acceptors (Lipinski definition) is 4. The Kier molecular flexibility index (Phi) is 5.23. The number of aliphatic hydroxyl groups is 1. The molecule has 0 aliphatic carbocycles. The van der Waals surface area contributed by atoms with Crippen LogP contribution in [0, 0.1) is 11.8 Å². The van der Waals surface area contributed by atoms with Crippen molar-refractivity contribution in [2.45, 2.75) is 45.3 Å². The summed E-state index contributed by atoms with van der Waals surface area (Å²) >= 11 is 0. The highest BCUT2D eigenvalue weighted by molar-refractivity contribution is 5.74. The number of cyclic esters (lactones) is 1. The summed E-state index contributed by atoms with van der Waals surface area (Å²) in [7, 11) is 1.65. The zero-order chi connectivity index (χ0) is 15.4. The Hall–Kier alpha value is -1.55. The van der Waals surface area contributed by atoms with E-state index in [0.717, 1.165) is 12.2 Å². The number of esters is 1. The molecule has 1 N–H and O–H groups in total. The molecular formula is C17H24O4. The van der Waals surface area contributed by atoms with Crippen molar-refractivity contribution >= 4 is 5.97 Å². The quantitative estimate of drug-likeness (QED) is 0.819. The molecule has 0 amide bonds. The number of benzene rings is 1. The van der Waals surface area contributed by atoms with Crippen molar-refractivity contribution in [3.63, 3.8) is 0 Å². The van der Waals surface area contributed by atoms with Gasteiger partial charge in [-0.1, -0.05) is 26.0 Å². The van der Waals surface area contributed by atoms with Crippen LogP contribution in [0.2, 0.25) is 0 Å². The number of hydrogen-bond donors (Lipinski definition) is 1. The third-order valence-electron chi connectivity index (χ3n) is 4.07. The van der Waals surface area contributed by atoms with Crippen LogP contribution in [0.5, 0.6) is 5.75 Å². The normalized spacial score (nSPS) is 24.5. The monoisotopic (exact) mass is 292 g/mol. The van der Waals surface area contributed by atoms with E-state index < -0.39 is 6.10 Å². The molecule has 1 aliphatic heterocycles. The molecule has 21 heavy (non-hydrogen) atoms. The molecule has 0 radical (unpaired) electrons. The lowest BCUT2D eigenvalue weighted by molar-refractivity contribution is -0.147. The van der Waals surface area contributed by atoms with Crippen LogP contribution in [0.15, 0.2) is 24.3 Å². The lowest BCUT2D eigenvalue weighted by Gasteiger charge is -2.21. The van der Waals surface area contributed by atoms with Crippen LogP contribution in [0.3, 0.4) is 0 Å². The molecule has 1 aliphatic rings. The summed E-state index contributed by atoms with van der Waals surface area (Å²) in [5.41, 5.74) is 1.22. The van der Waals surface area contributed by atoms with Gasteiger partial charge in [-0.3, -0.25) is 4.79 Å². The maximum absolute atomic E-state index is 11.4. The SMILES string of the molecule is COc1ccc(C[C@H](C)C[C@@H](O)[C@@H]2C[C@@H](C)C(=O)O2)cc1. The molecule has 0 unspecified atom stereocenters. The summed E-state index contributed by atoms with van der Waals surface area (Å²) < 4.78 is 10.3. The smallest absolute Gasteiger partial charge is 0.309 e. The summed E-state index contributed by atoms with van der Waals surface area (Å²) in [5.74, 6) is 0.879. The topological polar surface area (TPSA) is 55.8 Å². The Bertz CT molecular complexity index is 468. The largest absolute Gasteiger partial charge is 0.497 e. The molecule has 1 heterocycles. The van der Waals surface area contributed by atoms with Gasteiger partial charge in [0.2, 0.25) is 0 Å². The van der Waals surface area contributed by atoms with Crippen LogP contribution >= 0.6 is 0 Å². The molecule has 0 aromatic heterocycles. The van der Waals surface area contributed by atoms with E-state index in [4.69, 9.17) is 9.47 Å². The molecule has 0 saturated carbocycles. The second-order valence-electron chi connectivity index (χ2n) is 6.07. The van der Waals surface area contributed by atoms with E-state index in [0.29, 0.717) is 18.8 Å². The molecule has 1 aromatic rings. The lowest BCUT2D eigenvalue weighted by atomic mass is 9.92. The highest BCUT2D eigenvalue weighted by Gasteiger charge is 2.35. The third-order valence-corrected chi connectivity index (χ3v) is 4.07. The minimum absolute atomic E-state index is 0.0958. The van der Waals surface area contributed by atoms with E-state index in [1.54, 1.807) is 7.11 Å². The van der Waals surface area contributed by atoms with Crippen molar-refractivity contribution < 1.29 is 19.4 Å². The molecule has 1 aromatic carbocycles. The first-order valence-electron chi connectivity index (χ1n) is 7.51.